The van der Waals surface area contributed by atoms with E-state index in [0.717, 1.165) is 11.6 Å². The van der Waals surface area contributed by atoms with E-state index in [4.69, 9.17) is 0 Å². The van der Waals surface area contributed by atoms with Crippen LogP contribution in [0.15, 0.2) is 30.0 Å². The number of hydrogen-bond donors (Lipinski definition) is 2. The van der Waals surface area contributed by atoms with Crippen LogP contribution in [0.5, 0.6) is 0 Å². The molecule has 0 aromatic heterocycles. The molecule has 0 fully saturated rings. The van der Waals surface area contributed by atoms with Crippen molar-refractivity contribution in [2.75, 3.05) is 5.32 Å². The number of hydrogen-bond acceptors (Lipinski definition) is 1. The largest absolute Gasteiger partial charge is 0.323 e. The Morgan fingerprint density at radius 3 is 2.42 bits per heavy atom. The Balaban J connectivity index is 2.66. The van der Waals surface area contributed by atoms with E-state index in [9.17, 15) is 13.6 Å². The van der Waals surface area contributed by atoms with Gasteiger partial charge in [0, 0.05) is 12.3 Å². The summed E-state index contributed by atoms with van der Waals surface area (Å²) in [4.78, 5) is 11.6. The Labute approximate surface area is 111 Å². The first-order valence-corrected chi connectivity index (χ1v) is 5.90. The van der Waals surface area contributed by atoms with Crippen molar-refractivity contribution >= 4 is 11.7 Å². The first-order valence-electron chi connectivity index (χ1n) is 5.90. The van der Waals surface area contributed by atoms with E-state index in [0.29, 0.717) is 6.07 Å². The van der Waals surface area contributed by atoms with Gasteiger partial charge in [0.15, 0.2) is 0 Å². The van der Waals surface area contributed by atoms with Gasteiger partial charge in [-0.3, -0.25) is 0 Å². The average molecular weight is 268 g/mol. The van der Waals surface area contributed by atoms with Crippen molar-refractivity contribution in [2.24, 2.45) is 5.41 Å². The monoisotopic (exact) mass is 268 g/mol. The number of carbonyl (C=O) groups excluding carboxylic acids is 1. The second-order valence-corrected chi connectivity index (χ2v) is 5.30. The number of benzene rings is 1. The molecule has 19 heavy (non-hydrogen) atoms. The second kappa shape index (κ2) is 5.82. The van der Waals surface area contributed by atoms with Crippen LogP contribution in [0.3, 0.4) is 0 Å². The van der Waals surface area contributed by atoms with Crippen LogP contribution in [-0.2, 0) is 0 Å². The molecule has 0 heterocycles. The molecule has 2 N–H and O–H groups in total. The van der Waals surface area contributed by atoms with Crippen molar-refractivity contribution in [3.8, 4) is 0 Å². The Bertz CT molecular complexity index is 505. The zero-order valence-electron chi connectivity index (χ0n) is 11.5. The molecule has 0 aliphatic rings. The highest BCUT2D eigenvalue weighted by Gasteiger charge is 2.13. The summed E-state index contributed by atoms with van der Waals surface area (Å²) in [5, 5.41) is 4.81. The van der Waals surface area contributed by atoms with Gasteiger partial charge in [0.05, 0.1) is 5.69 Å². The van der Waals surface area contributed by atoms with Crippen LogP contribution >= 0.6 is 0 Å². The molecule has 1 aromatic rings. The number of halogens is 2. The van der Waals surface area contributed by atoms with E-state index in [-0.39, 0.29) is 11.1 Å². The molecule has 0 atom stereocenters. The predicted octanol–water partition coefficient (Wildman–Crippen LogP) is 4.04. The standard InChI is InChI=1S/C14H18F2N2O/c1-9(14(2,3)4)8-17-13(19)18-12-6-5-10(15)7-11(12)16/h5-8H,1-4H3,(H2,17,18,19)/b9-8+. The number of amides is 2. The van der Waals surface area contributed by atoms with Crippen molar-refractivity contribution in [1.29, 1.82) is 0 Å². The molecule has 0 radical (unpaired) electrons. The van der Waals surface area contributed by atoms with Crippen LogP contribution in [-0.4, -0.2) is 6.03 Å². The molecule has 0 spiro atoms. The van der Waals surface area contributed by atoms with Crippen molar-refractivity contribution in [3.05, 3.63) is 41.6 Å². The molecule has 0 aliphatic heterocycles. The van der Waals surface area contributed by atoms with Crippen molar-refractivity contribution < 1.29 is 13.6 Å². The van der Waals surface area contributed by atoms with Gasteiger partial charge in [-0.15, -0.1) is 0 Å². The van der Waals surface area contributed by atoms with E-state index in [1.54, 1.807) is 6.20 Å². The maximum Gasteiger partial charge on any atom is 0.323 e. The van der Waals surface area contributed by atoms with Crippen LogP contribution < -0.4 is 10.6 Å². The lowest BCUT2D eigenvalue weighted by Gasteiger charge is -2.19. The predicted molar refractivity (Wildman–Crippen MR) is 71.7 cm³/mol. The summed E-state index contributed by atoms with van der Waals surface area (Å²) in [6, 6.07) is 2.39. The summed E-state index contributed by atoms with van der Waals surface area (Å²) in [6.07, 6.45) is 1.57. The summed E-state index contributed by atoms with van der Waals surface area (Å²) in [7, 11) is 0. The first-order chi connectivity index (χ1) is 8.70. The second-order valence-electron chi connectivity index (χ2n) is 5.30. The maximum atomic E-state index is 13.3. The number of carbonyl (C=O) groups is 1. The molecule has 3 nitrogen and oxygen atoms in total. The van der Waals surface area contributed by atoms with Crippen molar-refractivity contribution in [3.63, 3.8) is 0 Å². The molecule has 1 aromatic carbocycles. The minimum atomic E-state index is -0.813. The van der Waals surface area contributed by atoms with Crippen molar-refractivity contribution in [1.82, 2.24) is 5.32 Å². The van der Waals surface area contributed by atoms with Gasteiger partial charge >= 0.3 is 6.03 Å². The normalized spacial score (nSPS) is 12.2. The lowest BCUT2D eigenvalue weighted by Crippen LogP contribution is -2.25. The maximum absolute atomic E-state index is 13.3. The fourth-order valence-corrected chi connectivity index (χ4v) is 1.14. The summed E-state index contributed by atoms with van der Waals surface area (Å²) in [5.74, 6) is -1.50. The van der Waals surface area contributed by atoms with Crippen LogP contribution in [0.1, 0.15) is 27.7 Å². The van der Waals surface area contributed by atoms with E-state index >= 15 is 0 Å². The molecule has 1 rings (SSSR count). The Hall–Kier alpha value is -1.91. The zero-order chi connectivity index (χ0) is 14.6. The van der Waals surface area contributed by atoms with E-state index in [1.807, 2.05) is 27.7 Å². The smallest absolute Gasteiger partial charge is 0.314 e. The lowest BCUT2D eigenvalue weighted by atomic mass is 9.88. The van der Waals surface area contributed by atoms with Crippen LogP contribution in [0.25, 0.3) is 0 Å². The molecular formula is C14H18F2N2O. The van der Waals surface area contributed by atoms with Crippen molar-refractivity contribution in [2.45, 2.75) is 27.7 Å². The van der Waals surface area contributed by atoms with E-state index < -0.39 is 17.7 Å². The Morgan fingerprint density at radius 1 is 1.26 bits per heavy atom. The number of nitrogens with one attached hydrogen (secondary N) is 2. The number of allylic oxidation sites excluding steroid dienone is 1. The SMILES string of the molecule is C/C(=C\NC(=O)Nc1ccc(F)cc1F)C(C)(C)C. The number of urea groups is 1. The molecule has 0 bridgehead atoms. The zero-order valence-corrected chi connectivity index (χ0v) is 11.5. The highest BCUT2D eigenvalue weighted by molar-refractivity contribution is 5.90. The minimum absolute atomic E-state index is 0.0611. The molecular weight excluding hydrogens is 250 g/mol. The third kappa shape index (κ3) is 4.69. The summed E-state index contributed by atoms with van der Waals surface area (Å²) in [5.41, 5.74) is 0.844. The number of anilines is 1. The van der Waals surface area contributed by atoms with Crippen LogP contribution in [0, 0.1) is 17.0 Å². The molecule has 0 aliphatic carbocycles. The average Bonchev–Trinajstić information content (AvgIpc) is 2.28. The first kappa shape index (κ1) is 15.1. The van der Waals surface area contributed by atoms with Gasteiger partial charge < -0.3 is 10.6 Å². The lowest BCUT2D eigenvalue weighted by molar-refractivity contribution is 0.254. The Morgan fingerprint density at radius 2 is 1.89 bits per heavy atom. The highest BCUT2D eigenvalue weighted by atomic mass is 19.1. The fraction of sp³-hybridized carbons (Fsp3) is 0.357. The van der Waals surface area contributed by atoms with Gasteiger partial charge in [-0.05, 0) is 24.5 Å². The van der Waals surface area contributed by atoms with E-state index in [1.165, 1.54) is 6.07 Å². The molecule has 0 saturated heterocycles. The third-order valence-electron chi connectivity index (χ3n) is 2.78. The van der Waals surface area contributed by atoms with E-state index in [2.05, 4.69) is 10.6 Å². The third-order valence-corrected chi connectivity index (χ3v) is 2.78. The Kier molecular flexibility index (Phi) is 4.64. The van der Waals surface area contributed by atoms with Crippen LogP contribution in [0.4, 0.5) is 19.3 Å². The molecule has 2 amide bonds. The summed E-state index contributed by atoms with van der Waals surface area (Å²) >= 11 is 0. The van der Waals surface area contributed by atoms with Crippen LogP contribution in [0.2, 0.25) is 0 Å². The summed E-state index contributed by atoms with van der Waals surface area (Å²) in [6.45, 7) is 7.92. The van der Waals surface area contributed by atoms with Gasteiger partial charge in [0.2, 0.25) is 0 Å². The minimum Gasteiger partial charge on any atom is -0.314 e. The molecule has 104 valence electrons. The quantitative estimate of drug-likeness (QED) is 0.835. The molecule has 5 heteroatoms. The van der Waals surface area contributed by atoms with Gasteiger partial charge in [0.1, 0.15) is 11.6 Å². The van der Waals surface area contributed by atoms with Gasteiger partial charge in [-0.2, -0.15) is 0 Å². The summed E-state index contributed by atoms with van der Waals surface area (Å²) < 4.78 is 26.0. The van der Waals surface area contributed by atoms with Gasteiger partial charge in [-0.1, -0.05) is 26.3 Å². The van der Waals surface area contributed by atoms with Gasteiger partial charge in [-0.25, -0.2) is 13.6 Å². The molecule has 0 saturated carbocycles. The topological polar surface area (TPSA) is 41.1 Å². The number of rotatable bonds is 2. The molecule has 0 unspecified atom stereocenters. The van der Waals surface area contributed by atoms with Gasteiger partial charge in [0.25, 0.3) is 0 Å². The highest BCUT2D eigenvalue weighted by Crippen LogP contribution is 2.23. The fourth-order valence-electron chi connectivity index (χ4n) is 1.14.